The van der Waals surface area contributed by atoms with Crippen molar-refractivity contribution in [3.8, 4) is 17.4 Å². The molecule has 0 aliphatic carbocycles. The number of aromatic nitrogens is 2. The third-order valence-electron chi connectivity index (χ3n) is 3.13. The first kappa shape index (κ1) is 15.7. The van der Waals surface area contributed by atoms with E-state index in [2.05, 4.69) is 15.3 Å². The average molecular weight is 329 g/mol. The van der Waals surface area contributed by atoms with Crippen LogP contribution in [-0.4, -0.2) is 15.1 Å². The Hall–Kier alpha value is -3.22. The molecule has 0 unspecified atom stereocenters. The van der Waals surface area contributed by atoms with Crippen LogP contribution in [0, 0.1) is 11.6 Å². The molecule has 24 heavy (non-hydrogen) atoms. The summed E-state index contributed by atoms with van der Waals surface area (Å²) in [7, 11) is 0. The van der Waals surface area contributed by atoms with Crippen molar-refractivity contribution in [2.24, 2.45) is 0 Å². The molecule has 0 fully saturated rings. The van der Waals surface area contributed by atoms with Gasteiger partial charge in [-0.3, -0.25) is 0 Å². The van der Waals surface area contributed by atoms with Crippen LogP contribution in [-0.2, 0) is 6.54 Å². The molecule has 0 spiro atoms. The van der Waals surface area contributed by atoms with Gasteiger partial charge in [0.1, 0.15) is 11.6 Å². The maximum absolute atomic E-state index is 13.3. The molecule has 0 saturated heterocycles. The fraction of sp³-hybridized carbons (Fsp3) is 0.0588. The second-order valence-electron chi connectivity index (χ2n) is 4.91. The van der Waals surface area contributed by atoms with Crippen LogP contribution in [0.4, 0.5) is 14.7 Å². The molecule has 0 radical (unpaired) electrons. The lowest BCUT2D eigenvalue weighted by Gasteiger charge is -2.08. The van der Waals surface area contributed by atoms with Crippen LogP contribution in [0.25, 0.3) is 0 Å². The van der Waals surface area contributed by atoms with Gasteiger partial charge in [-0.25, -0.2) is 13.8 Å². The molecule has 0 amide bonds. The molecule has 0 aliphatic rings. The molecule has 5 nitrogen and oxygen atoms in total. The monoisotopic (exact) mass is 329 g/mol. The van der Waals surface area contributed by atoms with E-state index >= 15 is 0 Å². The van der Waals surface area contributed by atoms with Gasteiger partial charge in [-0.15, -0.1) is 0 Å². The van der Waals surface area contributed by atoms with Gasteiger partial charge in [-0.05, 0) is 42.0 Å². The van der Waals surface area contributed by atoms with Crippen molar-refractivity contribution in [1.82, 2.24) is 9.97 Å². The summed E-state index contributed by atoms with van der Waals surface area (Å²) in [6.07, 6.45) is 1.51. The first-order valence-electron chi connectivity index (χ1n) is 7.08. The van der Waals surface area contributed by atoms with Crippen LogP contribution in [0.3, 0.4) is 0 Å². The van der Waals surface area contributed by atoms with E-state index < -0.39 is 11.6 Å². The van der Waals surface area contributed by atoms with Gasteiger partial charge in [0, 0.05) is 18.8 Å². The molecule has 1 aromatic heterocycles. The van der Waals surface area contributed by atoms with Crippen LogP contribution in [0.15, 0.2) is 54.7 Å². The van der Waals surface area contributed by atoms with Crippen molar-refractivity contribution in [2.75, 3.05) is 5.32 Å². The number of halogens is 2. The van der Waals surface area contributed by atoms with Gasteiger partial charge in [-0.2, -0.15) is 4.98 Å². The summed E-state index contributed by atoms with van der Waals surface area (Å²) in [5.41, 5.74) is 0.624. The second-order valence-corrected chi connectivity index (χ2v) is 4.91. The Labute approximate surface area is 136 Å². The molecule has 1 heterocycles. The molecule has 0 saturated carbocycles. The fourth-order valence-electron chi connectivity index (χ4n) is 1.95. The lowest BCUT2D eigenvalue weighted by molar-refractivity contribution is 0.432. The zero-order valence-electron chi connectivity index (χ0n) is 12.4. The molecule has 2 aromatic carbocycles. The van der Waals surface area contributed by atoms with E-state index in [0.29, 0.717) is 17.3 Å². The van der Waals surface area contributed by atoms with Crippen molar-refractivity contribution in [3.05, 3.63) is 71.9 Å². The minimum absolute atomic E-state index is 0.275. The summed E-state index contributed by atoms with van der Waals surface area (Å²) in [5.74, 6) is -0.414. The number of hydrogen-bond donors (Lipinski definition) is 2. The van der Waals surface area contributed by atoms with Crippen LogP contribution in [0.2, 0.25) is 0 Å². The molecule has 122 valence electrons. The average Bonchev–Trinajstić information content (AvgIpc) is 2.58. The van der Waals surface area contributed by atoms with Crippen molar-refractivity contribution in [3.63, 3.8) is 0 Å². The normalized spacial score (nSPS) is 10.4. The summed E-state index contributed by atoms with van der Waals surface area (Å²) in [6.45, 7) is 0.275. The number of phenols is 1. The summed E-state index contributed by atoms with van der Waals surface area (Å²) in [5, 5.41) is 12.1. The molecule has 0 aliphatic heterocycles. The third-order valence-corrected chi connectivity index (χ3v) is 3.13. The summed E-state index contributed by atoms with van der Waals surface area (Å²) in [6, 6.07) is 11.2. The number of phenolic OH excluding ortho intramolecular Hbond substituents is 1. The van der Waals surface area contributed by atoms with E-state index in [1.54, 1.807) is 12.1 Å². The standard InChI is InChI=1S/C17H13F2N3O2/c18-12-2-4-13(5-3-12)24-16-7-8-20-17(22-16)21-10-11-1-6-15(23)14(19)9-11/h1-9,23H,10H2,(H,20,21,22). The first-order valence-corrected chi connectivity index (χ1v) is 7.08. The minimum Gasteiger partial charge on any atom is -0.505 e. The molecule has 0 bridgehead atoms. The number of ether oxygens (including phenoxy) is 1. The van der Waals surface area contributed by atoms with Gasteiger partial charge in [0.15, 0.2) is 11.6 Å². The number of benzene rings is 2. The topological polar surface area (TPSA) is 67.3 Å². The Balaban J connectivity index is 1.66. The Morgan fingerprint density at radius 2 is 1.83 bits per heavy atom. The SMILES string of the molecule is Oc1ccc(CNc2nccc(Oc3ccc(F)cc3)n2)cc1F. The van der Waals surface area contributed by atoms with Crippen molar-refractivity contribution < 1.29 is 18.6 Å². The highest BCUT2D eigenvalue weighted by molar-refractivity contribution is 5.34. The lowest BCUT2D eigenvalue weighted by atomic mass is 10.2. The van der Waals surface area contributed by atoms with Gasteiger partial charge in [0.25, 0.3) is 0 Å². The maximum Gasteiger partial charge on any atom is 0.226 e. The molecular formula is C17H13F2N3O2. The number of anilines is 1. The molecule has 0 atom stereocenters. The maximum atomic E-state index is 13.3. The van der Waals surface area contributed by atoms with Gasteiger partial charge in [0.05, 0.1) is 0 Å². The quantitative estimate of drug-likeness (QED) is 0.744. The third kappa shape index (κ3) is 3.95. The van der Waals surface area contributed by atoms with E-state index in [0.717, 1.165) is 0 Å². The smallest absolute Gasteiger partial charge is 0.226 e. The van der Waals surface area contributed by atoms with Gasteiger partial charge >= 0.3 is 0 Å². The first-order chi connectivity index (χ1) is 11.6. The predicted octanol–water partition coefficient (Wildman–Crippen LogP) is 3.86. The molecule has 2 N–H and O–H groups in total. The fourth-order valence-corrected chi connectivity index (χ4v) is 1.95. The highest BCUT2D eigenvalue weighted by Gasteiger charge is 2.04. The molecule has 7 heteroatoms. The Morgan fingerprint density at radius 1 is 1.04 bits per heavy atom. The van der Waals surface area contributed by atoms with Gasteiger partial charge in [0.2, 0.25) is 11.8 Å². The Morgan fingerprint density at radius 3 is 2.58 bits per heavy atom. The Kier molecular flexibility index (Phi) is 4.51. The van der Waals surface area contributed by atoms with Crippen molar-refractivity contribution in [2.45, 2.75) is 6.54 Å². The molecule has 3 rings (SSSR count). The highest BCUT2D eigenvalue weighted by Crippen LogP contribution is 2.20. The largest absolute Gasteiger partial charge is 0.505 e. The number of hydrogen-bond acceptors (Lipinski definition) is 5. The molecular weight excluding hydrogens is 316 g/mol. The van der Waals surface area contributed by atoms with Crippen molar-refractivity contribution >= 4 is 5.95 Å². The van der Waals surface area contributed by atoms with Crippen LogP contribution < -0.4 is 10.1 Å². The van der Waals surface area contributed by atoms with E-state index in [9.17, 15) is 8.78 Å². The van der Waals surface area contributed by atoms with E-state index in [1.165, 1.54) is 42.6 Å². The summed E-state index contributed by atoms with van der Waals surface area (Å²) < 4.78 is 31.7. The van der Waals surface area contributed by atoms with E-state index in [4.69, 9.17) is 9.84 Å². The zero-order valence-corrected chi connectivity index (χ0v) is 12.4. The highest BCUT2D eigenvalue weighted by atomic mass is 19.1. The van der Waals surface area contributed by atoms with Gasteiger partial charge < -0.3 is 15.2 Å². The van der Waals surface area contributed by atoms with Crippen LogP contribution in [0.1, 0.15) is 5.56 Å². The number of rotatable bonds is 5. The number of nitrogens with zero attached hydrogens (tertiary/aromatic N) is 2. The van der Waals surface area contributed by atoms with Crippen molar-refractivity contribution in [1.29, 1.82) is 0 Å². The number of aromatic hydroxyl groups is 1. The van der Waals surface area contributed by atoms with Crippen LogP contribution >= 0.6 is 0 Å². The predicted molar refractivity (Wildman–Crippen MR) is 83.9 cm³/mol. The zero-order chi connectivity index (χ0) is 16.9. The molecule has 3 aromatic rings. The van der Waals surface area contributed by atoms with E-state index in [-0.39, 0.29) is 18.2 Å². The minimum atomic E-state index is -0.691. The number of nitrogens with one attached hydrogen (secondary N) is 1. The van der Waals surface area contributed by atoms with E-state index in [1.807, 2.05) is 0 Å². The Bertz CT molecular complexity index is 841. The summed E-state index contributed by atoms with van der Waals surface area (Å²) in [4.78, 5) is 8.21. The lowest BCUT2D eigenvalue weighted by Crippen LogP contribution is -2.04. The summed E-state index contributed by atoms with van der Waals surface area (Å²) >= 11 is 0. The second kappa shape index (κ2) is 6.91. The van der Waals surface area contributed by atoms with Gasteiger partial charge in [-0.1, -0.05) is 6.07 Å². The van der Waals surface area contributed by atoms with Crippen LogP contribution in [0.5, 0.6) is 17.4 Å².